The number of phenols is 1. The minimum atomic E-state index is -3.91. The standard InChI is InChI=1S/C23H18BrO5S.C5H5.Fe/c24-16-7-11-18(12-8-16)29-30(26,27)20-13-19-21(15-5-9-17(25)10-6-15)22(23(20)28-19)14-3-1-2-4-14;1-2-4-5-3-1;/h1-12,19-20,23,25H,13H2;1-5H;/q;;+2/t19-,20?,23+;;/m1../s1. The topological polar surface area (TPSA) is 72.8 Å². The van der Waals surface area contributed by atoms with Crippen molar-refractivity contribution in [3.8, 4) is 11.5 Å². The largest absolute Gasteiger partial charge is 2.00 e. The smallest absolute Gasteiger partial charge is 0.508 e. The molecule has 36 heavy (non-hydrogen) atoms. The number of ether oxygens (including phenoxy) is 1. The molecule has 0 amide bonds. The molecule has 3 atom stereocenters. The van der Waals surface area contributed by atoms with Gasteiger partial charge in [-0.25, -0.2) is 0 Å². The molecule has 8 heteroatoms. The summed E-state index contributed by atoms with van der Waals surface area (Å²) in [6, 6.07) is 13.6. The molecule has 2 bridgehead atoms. The van der Waals surface area contributed by atoms with E-state index in [0.717, 1.165) is 27.1 Å². The van der Waals surface area contributed by atoms with E-state index in [2.05, 4.69) is 15.9 Å². The molecule has 2 aromatic carbocycles. The molecule has 184 valence electrons. The number of aromatic hydroxyl groups is 1. The molecule has 2 aliphatic heterocycles. The Kier molecular flexibility index (Phi) is 9.27. The summed E-state index contributed by atoms with van der Waals surface area (Å²) < 4.78 is 38.7. The fourth-order valence-electron chi connectivity index (χ4n) is 4.55. The van der Waals surface area contributed by atoms with Crippen LogP contribution in [0.15, 0.2) is 58.6 Å². The summed E-state index contributed by atoms with van der Waals surface area (Å²) in [5.41, 5.74) is 2.76. The molecule has 4 aliphatic rings. The third kappa shape index (κ3) is 6.05. The second-order valence-electron chi connectivity index (χ2n) is 8.36. The van der Waals surface area contributed by atoms with Gasteiger partial charge in [0.05, 0.1) is 6.10 Å². The van der Waals surface area contributed by atoms with Crippen molar-refractivity contribution in [2.45, 2.75) is 23.9 Å². The second-order valence-corrected chi connectivity index (χ2v) is 11.0. The van der Waals surface area contributed by atoms with Crippen LogP contribution in [0.25, 0.3) is 5.57 Å². The van der Waals surface area contributed by atoms with Crippen LogP contribution in [0.1, 0.15) is 12.0 Å². The normalized spacial score (nSPS) is 25.4. The molecule has 2 aliphatic carbocycles. The number of phenolic OH excluding ortho intramolecular Hbond substituents is 1. The first-order valence-electron chi connectivity index (χ1n) is 11.2. The van der Waals surface area contributed by atoms with Crippen molar-refractivity contribution in [1.82, 2.24) is 0 Å². The molecule has 1 N–H and O–H groups in total. The molecule has 2 aromatic rings. The van der Waals surface area contributed by atoms with Crippen LogP contribution < -0.4 is 4.18 Å². The van der Waals surface area contributed by atoms with E-state index in [9.17, 15) is 13.5 Å². The SMILES string of the molecule is O=S(=O)(Oc1ccc(Br)cc1)C1C[C@H]2O[C@@H]1C([C]1[CH][CH][CH][CH]1)=C2c1ccc(O)cc1.[CH]1[CH][CH][CH][CH]1.[Fe+2]. The van der Waals surface area contributed by atoms with Crippen LogP contribution in [-0.2, 0) is 31.9 Å². The maximum atomic E-state index is 13.1. The van der Waals surface area contributed by atoms with Gasteiger partial charge in [-0.1, -0.05) is 28.1 Å². The van der Waals surface area contributed by atoms with E-state index in [0.29, 0.717) is 6.42 Å². The van der Waals surface area contributed by atoms with E-state index >= 15 is 0 Å². The summed E-state index contributed by atoms with van der Waals surface area (Å²) in [7, 11) is -3.91. The minimum absolute atomic E-state index is 0. The summed E-state index contributed by atoms with van der Waals surface area (Å²) in [4.78, 5) is 0. The van der Waals surface area contributed by atoms with Crippen LogP contribution in [-0.4, -0.2) is 31.0 Å². The van der Waals surface area contributed by atoms with E-state index < -0.39 is 21.5 Å². The van der Waals surface area contributed by atoms with Crippen molar-refractivity contribution in [2.75, 3.05) is 0 Å². The Hall–Kier alpha value is -1.31. The van der Waals surface area contributed by atoms with E-state index in [4.69, 9.17) is 8.92 Å². The fraction of sp³-hybridized carbons (Fsp3) is 0.143. The molecule has 5 nitrogen and oxygen atoms in total. The Bertz CT molecular complexity index is 1150. The molecule has 1 unspecified atom stereocenters. The Balaban J connectivity index is 0.000000455. The summed E-state index contributed by atoms with van der Waals surface area (Å²) in [5.74, 6) is 1.40. The fourth-order valence-corrected chi connectivity index (χ4v) is 6.23. The van der Waals surface area contributed by atoms with Gasteiger partial charge >= 0.3 is 27.2 Å². The second kappa shape index (κ2) is 12.0. The van der Waals surface area contributed by atoms with Crippen molar-refractivity contribution in [2.24, 2.45) is 0 Å². The first kappa shape index (κ1) is 27.7. The first-order chi connectivity index (χ1) is 16.9. The van der Waals surface area contributed by atoms with E-state index in [1.165, 1.54) is 0 Å². The van der Waals surface area contributed by atoms with Gasteiger partial charge < -0.3 is 14.0 Å². The molecule has 6 rings (SSSR count). The number of hydrogen-bond acceptors (Lipinski definition) is 5. The number of fused-ring (bicyclic) bond motifs is 2. The Morgan fingerprint density at radius 3 is 2.00 bits per heavy atom. The van der Waals surface area contributed by atoms with Gasteiger partial charge in [-0.3, -0.25) is 0 Å². The third-order valence-corrected chi connectivity index (χ3v) is 8.23. The van der Waals surface area contributed by atoms with Crippen LogP contribution in [0.2, 0.25) is 0 Å². The van der Waals surface area contributed by atoms with Crippen LogP contribution >= 0.6 is 15.9 Å². The molecular weight excluding hydrogens is 584 g/mol. The monoisotopic (exact) mass is 606 g/mol. The predicted molar refractivity (Wildman–Crippen MR) is 138 cm³/mol. The summed E-state index contributed by atoms with van der Waals surface area (Å²) in [5, 5.41) is 8.85. The maximum absolute atomic E-state index is 13.1. The van der Waals surface area contributed by atoms with Gasteiger partial charge in [-0.05, 0) is 111 Å². The van der Waals surface area contributed by atoms with Crippen molar-refractivity contribution >= 4 is 31.6 Å². The van der Waals surface area contributed by atoms with Crippen LogP contribution in [0, 0.1) is 63.7 Å². The van der Waals surface area contributed by atoms with Crippen molar-refractivity contribution in [1.29, 1.82) is 0 Å². The zero-order valence-electron chi connectivity index (χ0n) is 19.0. The Morgan fingerprint density at radius 2 is 1.42 bits per heavy atom. The van der Waals surface area contributed by atoms with Gasteiger partial charge in [-0.15, -0.1) is 0 Å². The van der Waals surface area contributed by atoms with E-state index in [1.807, 2.05) is 69.9 Å². The Labute approximate surface area is 233 Å². The van der Waals surface area contributed by atoms with Crippen LogP contribution in [0.5, 0.6) is 11.5 Å². The zero-order chi connectivity index (χ0) is 24.4. The summed E-state index contributed by atoms with van der Waals surface area (Å²) in [6.45, 7) is 0. The molecule has 0 spiro atoms. The third-order valence-electron chi connectivity index (χ3n) is 6.10. The molecule has 0 aromatic heterocycles. The number of benzene rings is 2. The molecule has 10 radical (unpaired) electrons. The average Bonchev–Trinajstić information content (AvgIpc) is 3.66. The predicted octanol–water partition coefficient (Wildman–Crippen LogP) is 5.28. The number of rotatable bonds is 5. The average molecular weight is 607 g/mol. The first-order valence-corrected chi connectivity index (χ1v) is 13.5. The minimum Gasteiger partial charge on any atom is -0.508 e. The molecule has 2 heterocycles. The van der Waals surface area contributed by atoms with Crippen molar-refractivity contribution < 1.29 is 39.5 Å². The van der Waals surface area contributed by atoms with Crippen LogP contribution in [0.3, 0.4) is 0 Å². The zero-order valence-corrected chi connectivity index (χ0v) is 22.5. The quantitative estimate of drug-likeness (QED) is 0.370. The van der Waals surface area contributed by atoms with Gasteiger partial charge in [0.25, 0.3) is 0 Å². The summed E-state index contributed by atoms with van der Waals surface area (Å²) >= 11 is 3.33. The number of hydrogen-bond donors (Lipinski definition) is 1. The molecule has 3 fully saturated rings. The summed E-state index contributed by atoms with van der Waals surface area (Å²) in [6.07, 6.45) is 17.1. The van der Waals surface area contributed by atoms with Crippen molar-refractivity contribution in [3.05, 3.63) is 128 Å². The van der Waals surface area contributed by atoms with Gasteiger partial charge in [0, 0.05) is 16.8 Å². The van der Waals surface area contributed by atoms with E-state index in [1.54, 1.807) is 36.4 Å². The van der Waals surface area contributed by atoms with Crippen LogP contribution in [0.4, 0.5) is 0 Å². The Morgan fingerprint density at radius 1 is 0.833 bits per heavy atom. The number of halogens is 1. The molecule has 1 saturated heterocycles. The van der Waals surface area contributed by atoms with Gasteiger partial charge in [0.1, 0.15) is 22.9 Å². The molecular formula is C28H23BrFeO5S+2. The van der Waals surface area contributed by atoms with Crippen molar-refractivity contribution in [3.63, 3.8) is 0 Å². The van der Waals surface area contributed by atoms with E-state index in [-0.39, 0.29) is 34.7 Å². The van der Waals surface area contributed by atoms with Gasteiger partial charge in [-0.2, -0.15) is 8.42 Å². The van der Waals surface area contributed by atoms with Gasteiger partial charge in [0.2, 0.25) is 0 Å². The van der Waals surface area contributed by atoms with Gasteiger partial charge in [0.15, 0.2) is 0 Å². The maximum Gasteiger partial charge on any atom is 2.00 e. The molecule has 2 saturated carbocycles.